The van der Waals surface area contributed by atoms with Crippen LogP contribution in [0.1, 0.15) is 83.4 Å². The Kier molecular flexibility index (Phi) is 6.29. The fourth-order valence-electron chi connectivity index (χ4n) is 6.70. The average Bonchev–Trinajstić information content (AvgIpc) is 3.05. The fraction of sp³-hybridized carbons (Fsp3) is 0.840. The van der Waals surface area contributed by atoms with E-state index in [-0.39, 0.29) is 0 Å². The van der Waals surface area contributed by atoms with Crippen molar-refractivity contribution in [1.29, 1.82) is 0 Å². The summed E-state index contributed by atoms with van der Waals surface area (Å²) in [7, 11) is 0. The maximum atomic E-state index is 5.16. The number of anilines is 1. The van der Waals surface area contributed by atoms with Gasteiger partial charge in [-0.05, 0) is 89.4 Å². The van der Waals surface area contributed by atoms with Gasteiger partial charge in [0.05, 0.1) is 0 Å². The van der Waals surface area contributed by atoms with Gasteiger partial charge in [0.15, 0.2) is 0 Å². The van der Waals surface area contributed by atoms with E-state index in [0.717, 1.165) is 17.8 Å². The Balaban J connectivity index is 1.21. The molecule has 5 rings (SSSR count). The molecule has 0 aromatic carbocycles. The van der Waals surface area contributed by atoms with E-state index in [2.05, 4.69) is 34.6 Å². The zero-order valence-electron chi connectivity index (χ0n) is 19.2. The quantitative estimate of drug-likeness (QED) is 0.722. The highest BCUT2D eigenvalue weighted by Crippen LogP contribution is 2.36. The van der Waals surface area contributed by atoms with Crippen LogP contribution in [-0.4, -0.2) is 70.6 Å². The van der Waals surface area contributed by atoms with Crippen LogP contribution in [-0.2, 0) is 0 Å². The van der Waals surface area contributed by atoms with Gasteiger partial charge in [-0.1, -0.05) is 13.8 Å². The molecule has 4 heterocycles. The van der Waals surface area contributed by atoms with Crippen LogP contribution in [0.4, 0.5) is 5.82 Å². The van der Waals surface area contributed by atoms with Crippen molar-refractivity contribution < 1.29 is 0 Å². The second kappa shape index (κ2) is 9.12. The minimum absolute atomic E-state index is 0.544. The molecule has 4 aliphatic rings. The number of hydrogen-bond donors (Lipinski definition) is 0. The van der Waals surface area contributed by atoms with Crippen molar-refractivity contribution in [2.24, 2.45) is 5.92 Å². The molecule has 3 saturated heterocycles. The molecule has 0 N–H and O–H groups in total. The highest BCUT2D eigenvalue weighted by Gasteiger charge is 2.40. The third-order valence-corrected chi connectivity index (χ3v) is 8.42. The molecule has 1 aromatic heterocycles. The van der Waals surface area contributed by atoms with Crippen LogP contribution in [0.25, 0.3) is 0 Å². The normalized spacial score (nSPS) is 33.9. The topological polar surface area (TPSA) is 35.5 Å². The van der Waals surface area contributed by atoms with Crippen molar-refractivity contribution in [1.82, 2.24) is 19.8 Å². The summed E-state index contributed by atoms with van der Waals surface area (Å²) in [4.78, 5) is 18.0. The van der Waals surface area contributed by atoms with Gasteiger partial charge in [-0.2, -0.15) is 0 Å². The summed E-state index contributed by atoms with van der Waals surface area (Å²) >= 11 is 0. The summed E-state index contributed by atoms with van der Waals surface area (Å²) in [6.07, 6.45) is 14.0. The Morgan fingerprint density at radius 1 is 0.900 bits per heavy atom. The van der Waals surface area contributed by atoms with E-state index in [0.29, 0.717) is 18.0 Å². The van der Waals surface area contributed by atoms with Crippen molar-refractivity contribution in [3.63, 3.8) is 0 Å². The second-order valence-corrected chi connectivity index (χ2v) is 10.5. The van der Waals surface area contributed by atoms with E-state index < -0.39 is 0 Å². The zero-order chi connectivity index (χ0) is 20.5. The van der Waals surface area contributed by atoms with Crippen molar-refractivity contribution in [2.45, 2.75) is 95.7 Å². The number of likely N-dealkylation sites (tertiary alicyclic amines) is 2. The minimum atomic E-state index is 0.544. The molecule has 1 aromatic rings. The maximum Gasteiger partial charge on any atom is 0.133 e. The number of hydrogen-bond acceptors (Lipinski definition) is 5. The first-order chi connectivity index (χ1) is 14.7. The Hall–Kier alpha value is -1.20. The Labute approximate surface area is 183 Å². The summed E-state index contributed by atoms with van der Waals surface area (Å²) in [5.74, 6) is 3.80. The predicted molar refractivity (Wildman–Crippen MR) is 123 cm³/mol. The molecule has 3 aliphatic heterocycles. The monoisotopic (exact) mass is 411 g/mol. The van der Waals surface area contributed by atoms with Crippen LogP contribution in [0, 0.1) is 5.92 Å². The molecule has 2 bridgehead atoms. The van der Waals surface area contributed by atoms with Crippen molar-refractivity contribution in [3.05, 3.63) is 18.1 Å². The maximum absolute atomic E-state index is 5.16. The number of fused-ring (bicyclic) bond motifs is 2. The number of rotatable bonds is 5. The summed E-state index contributed by atoms with van der Waals surface area (Å²) in [6, 6.07) is 4.30. The number of nitrogens with zero attached hydrogens (tertiary/aromatic N) is 5. The van der Waals surface area contributed by atoms with Gasteiger partial charge in [0.25, 0.3) is 0 Å². The molecule has 0 radical (unpaired) electrons. The zero-order valence-corrected chi connectivity index (χ0v) is 19.2. The molecular weight excluding hydrogens is 370 g/mol. The van der Waals surface area contributed by atoms with Crippen LogP contribution in [0.3, 0.4) is 0 Å². The SMILES string of the molecule is CCCN1CC2CCC(C1)N2c1ccnc(C2CCN([C@H]3CC[C@@H](C)CC3)CC2)n1. The summed E-state index contributed by atoms with van der Waals surface area (Å²) in [5, 5.41) is 0. The van der Waals surface area contributed by atoms with Crippen molar-refractivity contribution >= 4 is 5.82 Å². The molecule has 166 valence electrons. The fourth-order valence-corrected chi connectivity index (χ4v) is 6.70. The van der Waals surface area contributed by atoms with E-state index in [1.165, 1.54) is 96.3 Å². The lowest BCUT2D eigenvalue weighted by Gasteiger charge is -2.42. The molecule has 2 unspecified atom stereocenters. The summed E-state index contributed by atoms with van der Waals surface area (Å²) < 4.78 is 0. The number of piperazine rings is 1. The van der Waals surface area contributed by atoms with E-state index in [9.17, 15) is 0 Å². The van der Waals surface area contributed by atoms with E-state index in [1.807, 2.05) is 6.20 Å². The van der Waals surface area contributed by atoms with Gasteiger partial charge in [0.1, 0.15) is 11.6 Å². The highest BCUT2D eigenvalue weighted by atomic mass is 15.4. The lowest BCUT2D eigenvalue weighted by Crippen LogP contribution is -2.54. The van der Waals surface area contributed by atoms with Crippen molar-refractivity contribution in [3.8, 4) is 0 Å². The van der Waals surface area contributed by atoms with Gasteiger partial charge in [-0.25, -0.2) is 9.97 Å². The molecule has 0 spiro atoms. The first kappa shape index (κ1) is 20.7. The Morgan fingerprint density at radius 2 is 1.57 bits per heavy atom. The standard InChI is InChI=1S/C25H41N5/c1-3-14-28-17-22-8-9-23(18-28)30(22)24-10-13-26-25(27-24)20-11-15-29(16-12-20)21-6-4-19(2)5-7-21/h10,13,19-23H,3-9,11-12,14-18H2,1-2H3/t19-,21+,22?,23?. The minimum Gasteiger partial charge on any atom is -0.348 e. The summed E-state index contributed by atoms with van der Waals surface area (Å²) in [6.45, 7) is 10.8. The van der Waals surface area contributed by atoms with Crippen LogP contribution in [0.15, 0.2) is 12.3 Å². The van der Waals surface area contributed by atoms with Gasteiger partial charge < -0.3 is 9.80 Å². The molecule has 0 amide bonds. The third kappa shape index (κ3) is 4.25. The number of aromatic nitrogens is 2. The molecule has 5 nitrogen and oxygen atoms in total. The van der Waals surface area contributed by atoms with Crippen LogP contribution >= 0.6 is 0 Å². The van der Waals surface area contributed by atoms with Gasteiger partial charge in [0, 0.05) is 43.3 Å². The van der Waals surface area contributed by atoms with Crippen LogP contribution in [0.2, 0.25) is 0 Å². The predicted octanol–water partition coefficient (Wildman–Crippen LogP) is 4.30. The molecule has 1 aliphatic carbocycles. The van der Waals surface area contributed by atoms with Crippen molar-refractivity contribution in [2.75, 3.05) is 37.6 Å². The average molecular weight is 412 g/mol. The van der Waals surface area contributed by atoms with E-state index in [1.54, 1.807) is 0 Å². The first-order valence-electron chi connectivity index (χ1n) is 12.8. The first-order valence-corrected chi connectivity index (χ1v) is 12.8. The van der Waals surface area contributed by atoms with Gasteiger partial charge in [0.2, 0.25) is 0 Å². The molecule has 4 fully saturated rings. The number of piperidine rings is 1. The summed E-state index contributed by atoms with van der Waals surface area (Å²) in [5.41, 5.74) is 0. The smallest absolute Gasteiger partial charge is 0.133 e. The molecular formula is C25H41N5. The Bertz CT molecular complexity index is 679. The lowest BCUT2D eigenvalue weighted by molar-refractivity contribution is 0.109. The molecule has 2 atom stereocenters. The largest absolute Gasteiger partial charge is 0.348 e. The third-order valence-electron chi connectivity index (χ3n) is 8.42. The van der Waals surface area contributed by atoms with E-state index >= 15 is 0 Å². The lowest BCUT2D eigenvalue weighted by atomic mass is 9.85. The molecule has 30 heavy (non-hydrogen) atoms. The Morgan fingerprint density at radius 3 is 2.23 bits per heavy atom. The van der Waals surface area contributed by atoms with Gasteiger partial charge in [-0.3, -0.25) is 4.90 Å². The second-order valence-electron chi connectivity index (χ2n) is 10.5. The van der Waals surface area contributed by atoms with Crippen LogP contribution in [0.5, 0.6) is 0 Å². The van der Waals surface area contributed by atoms with Gasteiger partial charge in [-0.15, -0.1) is 0 Å². The molecule has 5 heteroatoms. The van der Waals surface area contributed by atoms with Gasteiger partial charge >= 0.3 is 0 Å². The highest BCUT2D eigenvalue weighted by molar-refractivity contribution is 5.44. The van der Waals surface area contributed by atoms with E-state index in [4.69, 9.17) is 9.97 Å². The molecule has 1 saturated carbocycles. The van der Waals surface area contributed by atoms with Crippen LogP contribution < -0.4 is 4.90 Å².